The number of fused-ring (bicyclic) bond motifs is 1. The number of nitrogens with two attached hydrogens (primary N) is 1. The van der Waals surface area contributed by atoms with Crippen LogP contribution in [0, 0.1) is 0 Å². The van der Waals surface area contributed by atoms with Crippen LogP contribution in [0.15, 0.2) is 42.5 Å². The van der Waals surface area contributed by atoms with E-state index in [0.29, 0.717) is 19.6 Å². The van der Waals surface area contributed by atoms with Crippen molar-refractivity contribution >= 4 is 16.7 Å². The van der Waals surface area contributed by atoms with Crippen molar-refractivity contribution in [1.29, 1.82) is 0 Å². The van der Waals surface area contributed by atoms with Crippen LogP contribution in [0.1, 0.15) is 12.0 Å². The van der Waals surface area contributed by atoms with Gasteiger partial charge < -0.3 is 15.8 Å². The molecule has 1 atom stereocenters. The van der Waals surface area contributed by atoms with Gasteiger partial charge in [-0.25, -0.2) is 0 Å². The Balaban J connectivity index is 2.01. The number of nitrogens with one attached hydrogen (secondary N) is 1. The Morgan fingerprint density at radius 2 is 2.00 bits per heavy atom. The van der Waals surface area contributed by atoms with Crippen molar-refractivity contribution in [2.45, 2.75) is 19.0 Å². The van der Waals surface area contributed by atoms with Crippen LogP contribution < -0.4 is 11.1 Å². The number of rotatable bonds is 6. The predicted octanol–water partition coefficient (Wildman–Crippen LogP) is 1.82. The Labute approximate surface area is 118 Å². The molecule has 106 valence electrons. The molecule has 0 aliphatic rings. The molecule has 0 saturated carbocycles. The molecule has 0 fully saturated rings. The van der Waals surface area contributed by atoms with Crippen molar-refractivity contribution < 1.29 is 9.53 Å². The second kappa shape index (κ2) is 7.03. The number of hydrogen-bond donors (Lipinski definition) is 2. The molecule has 0 aliphatic carbocycles. The second-order valence-corrected chi connectivity index (χ2v) is 4.74. The number of benzene rings is 2. The van der Waals surface area contributed by atoms with E-state index in [2.05, 4.69) is 23.5 Å². The fraction of sp³-hybridized carbons (Fsp3) is 0.312. The van der Waals surface area contributed by atoms with Crippen LogP contribution in [0.4, 0.5) is 0 Å². The number of methoxy groups -OCH3 is 1. The summed E-state index contributed by atoms with van der Waals surface area (Å²) in [7, 11) is 1.60. The van der Waals surface area contributed by atoms with Crippen molar-refractivity contribution in [1.82, 2.24) is 5.32 Å². The van der Waals surface area contributed by atoms with Gasteiger partial charge in [-0.15, -0.1) is 0 Å². The number of hydrogen-bond acceptors (Lipinski definition) is 3. The smallest absolute Gasteiger partial charge is 0.237 e. The van der Waals surface area contributed by atoms with Crippen molar-refractivity contribution in [3.63, 3.8) is 0 Å². The lowest BCUT2D eigenvalue weighted by atomic mass is 10.0. The molecule has 0 heterocycles. The molecule has 0 saturated heterocycles. The quantitative estimate of drug-likeness (QED) is 0.843. The topological polar surface area (TPSA) is 64.3 Å². The van der Waals surface area contributed by atoms with Crippen LogP contribution >= 0.6 is 0 Å². The first-order chi connectivity index (χ1) is 9.72. The van der Waals surface area contributed by atoms with E-state index < -0.39 is 6.04 Å². The zero-order valence-corrected chi connectivity index (χ0v) is 11.6. The number of amides is 1. The molecule has 1 unspecified atom stereocenters. The van der Waals surface area contributed by atoms with Gasteiger partial charge in [-0.3, -0.25) is 4.79 Å². The van der Waals surface area contributed by atoms with E-state index in [0.717, 1.165) is 10.9 Å². The molecule has 0 spiro atoms. The maximum atomic E-state index is 11.9. The fourth-order valence-corrected chi connectivity index (χ4v) is 2.14. The highest BCUT2D eigenvalue weighted by molar-refractivity contribution is 5.86. The van der Waals surface area contributed by atoms with Crippen LogP contribution in [0.3, 0.4) is 0 Å². The van der Waals surface area contributed by atoms with Gasteiger partial charge in [0, 0.05) is 20.3 Å². The van der Waals surface area contributed by atoms with Crippen LogP contribution in [0.2, 0.25) is 0 Å². The summed E-state index contributed by atoms with van der Waals surface area (Å²) in [6, 6.07) is 13.7. The lowest BCUT2D eigenvalue weighted by Gasteiger charge is -2.13. The first-order valence-corrected chi connectivity index (χ1v) is 6.71. The average Bonchev–Trinajstić information content (AvgIpc) is 2.50. The zero-order chi connectivity index (χ0) is 14.4. The summed E-state index contributed by atoms with van der Waals surface area (Å²) in [5.74, 6) is -0.144. The SMILES string of the molecule is COCCC(N)C(=O)NCc1cccc2ccccc12. The van der Waals surface area contributed by atoms with Gasteiger partial charge in [-0.2, -0.15) is 0 Å². The van der Waals surface area contributed by atoms with E-state index in [1.165, 1.54) is 5.39 Å². The monoisotopic (exact) mass is 272 g/mol. The molecule has 3 N–H and O–H groups in total. The van der Waals surface area contributed by atoms with Gasteiger partial charge in [0.05, 0.1) is 6.04 Å². The number of ether oxygens (including phenoxy) is 1. The maximum Gasteiger partial charge on any atom is 0.237 e. The number of carbonyl (C=O) groups excluding carboxylic acids is 1. The van der Waals surface area contributed by atoms with Crippen LogP contribution in [-0.2, 0) is 16.1 Å². The third-order valence-corrected chi connectivity index (χ3v) is 3.30. The van der Waals surface area contributed by atoms with Crippen LogP contribution in [0.5, 0.6) is 0 Å². The molecule has 4 heteroatoms. The molecule has 0 aromatic heterocycles. The molecule has 0 radical (unpaired) electrons. The first kappa shape index (κ1) is 14.5. The third-order valence-electron chi connectivity index (χ3n) is 3.30. The van der Waals surface area contributed by atoms with Gasteiger partial charge >= 0.3 is 0 Å². The standard InChI is InChI=1S/C16H20N2O2/c1-20-10-9-15(17)16(19)18-11-13-7-4-6-12-5-2-3-8-14(12)13/h2-8,15H,9-11,17H2,1H3,(H,18,19). The predicted molar refractivity (Wildman–Crippen MR) is 80.3 cm³/mol. The lowest BCUT2D eigenvalue weighted by molar-refractivity contribution is -0.122. The van der Waals surface area contributed by atoms with Crippen LogP contribution in [-0.4, -0.2) is 25.7 Å². The Kier molecular flexibility index (Phi) is 5.09. The molecular weight excluding hydrogens is 252 g/mol. The molecule has 0 bridgehead atoms. The molecule has 2 aromatic carbocycles. The van der Waals surface area contributed by atoms with Gasteiger partial charge in [-0.05, 0) is 22.8 Å². The maximum absolute atomic E-state index is 11.9. The highest BCUT2D eigenvalue weighted by Gasteiger charge is 2.12. The Hall–Kier alpha value is -1.91. The average molecular weight is 272 g/mol. The summed E-state index contributed by atoms with van der Waals surface area (Å²) in [5, 5.41) is 5.20. The first-order valence-electron chi connectivity index (χ1n) is 6.71. The van der Waals surface area contributed by atoms with Gasteiger partial charge in [0.25, 0.3) is 0 Å². The van der Waals surface area contributed by atoms with E-state index in [-0.39, 0.29) is 5.91 Å². The molecule has 20 heavy (non-hydrogen) atoms. The Morgan fingerprint density at radius 1 is 1.25 bits per heavy atom. The fourth-order valence-electron chi connectivity index (χ4n) is 2.14. The Morgan fingerprint density at radius 3 is 2.80 bits per heavy atom. The minimum Gasteiger partial charge on any atom is -0.385 e. The minimum atomic E-state index is -0.523. The molecule has 0 aliphatic heterocycles. The van der Waals surface area contributed by atoms with Gasteiger partial charge in [0.2, 0.25) is 5.91 Å². The summed E-state index contributed by atoms with van der Waals surface area (Å²) in [6.07, 6.45) is 0.526. The van der Waals surface area contributed by atoms with Crippen molar-refractivity contribution in [2.24, 2.45) is 5.73 Å². The van der Waals surface area contributed by atoms with Gasteiger partial charge in [0.1, 0.15) is 0 Å². The van der Waals surface area contributed by atoms with E-state index >= 15 is 0 Å². The van der Waals surface area contributed by atoms with Gasteiger partial charge in [-0.1, -0.05) is 42.5 Å². The highest BCUT2D eigenvalue weighted by atomic mass is 16.5. The Bertz CT molecular complexity index is 578. The zero-order valence-electron chi connectivity index (χ0n) is 11.6. The van der Waals surface area contributed by atoms with Crippen molar-refractivity contribution in [3.05, 3.63) is 48.0 Å². The minimum absolute atomic E-state index is 0.144. The van der Waals surface area contributed by atoms with E-state index in [1.807, 2.05) is 24.3 Å². The van der Waals surface area contributed by atoms with E-state index in [9.17, 15) is 4.79 Å². The van der Waals surface area contributed by atoms with Crippen molar-refractivity contribution in [2.75, 3.05) is 13.7 Å². The van der Waals surface area contributed by atoms with Crippen LogP contribution in [0.25, 0.3) is 10.8 Å². The normalized spacial score (nSPS) is 12.3. The molecule has 2 rings (SSSR count). The largest absolute Gasteiger partial charge is 0.385 e. The number of carbonyl (C=O) groups is 1. The summed E-state index contributed by atoms with van der Waals surface area (Å²) < 4.78 is 4.92. The second-order valence-electron chi connectivity index (χ2n) is 4.74. The summed E-state index contributed by atoms with van der Waals surface area (Å²) in [4.78, 5) is 11.9. The lowest BCUT2D eigenvalue weighted by Crippen LogP contribution is -2.40. The summed E-state index contributed by atoms with van der Waals surface area (Å²) >= 11 is 0. The van der Waals surface area contributed by atoms with Gasteiger partial charge in [0.15, 0.2) is 0 Å². The summed E-state index contributed by atoms with van der Waals surface area (Å²) in [6.45, 7) is 0.976. The highest BCUT2D eigenvalue weighted by Crippen LogP contribution is 2.18. The summed E-state index contributed by atoms with van der Waals surface area (Å²) in [5.41, 5.74) is 6.88. The third kappa shape index (κ3) is 3.56. The molecular formula is C16H20N2O2. The molecule has 2 aromatic rings. The van der Waals surface area contributed by atoms with Crippen molar-refractivity contribution in [3.8, 4) is 0 Å². The van der Waals surface area contributed by atoms with E-state index in [4.69, 9.17) is 10.5 Å². The molecule has 1 amide bonds. The molecule has 4 nitrogen and oxygen atoms in total. The van der Waals surface area contributed by atoms with E-state index in [1.54, 1.807) is 7.11 Å².